The minimum atomic E-state index is -0.446. The number of hydrogen-bond acceptors (Lipinski definition) is 7. The first-order chi connectivity index (χ1) is 16.9. The van der Waals surface area contributed by atoms with Crippen molar-refractivity contribution >= 4 is 16.9 Å². The predicted octanol–water partition coefficient (Wildman–Crippen LogP) is 2.31. The van der Waals surface area contributed by atoms with Crippen LogP contribution in [-0.4, -0.2) is 44.7 Å². The van der Waals surface area contributed by atoms with Crippen LogP contribution in [0.15, 0.2) is 63.3 Å². The van der Waals surface area contributed by atoms with Crippen LogP contribution in [-0.2, 0) is 25.5 Å². The maximum atomic E-state index is 13.2. The third-order valence-corrected chi connectivity index (χ3v) is 6.22. The summed E-state index contributed by atoms with van der Waals surface area (Å²) in [5.74, 6) is 1.61. The summed E-state index contributed by atoms with van der Waals surface area (Å²) in [6.45, 7) is 0.313. The van der Waals surface area contributed by atoms with E-state index in [2.05, 4.69) is 5.16 Å². The van der Waals surface area contributed by atoms with Crippen molar-refractivity contribution in [2.24, 2.45) is 19.3 Å². The second-order valence-electron chi connectivity index (χ2n) is 8.33. The minimum absolute atomic E-state index is 0.296. The normalized spacial score (nSPS) is 15.2. The molecule has 0 saturated carbocycles. The van der Waals surface area contributed by atoms with Crippen LogP contribution in [0.3, 0.4) is 0 Å². The van der Waals surface area contributed by atoms with Crippen LogP contribution in [0, 0.1) is 0 Å². The van der Waals surface area contributed by atoms with E-state index in [0.29, 0.717) is 47.0 Å². The van der Waals surface area contributed by atoms with Gasteiger partial charge in [0.05, 0.1) is 26.5 Å². The molecule has 1 atom stereocenters. The number of imidazole rings is 1. The lowest BCUT2D eigenvalue weighted by atomic mass is 10.1. The lowest BCUT2D eigenvalue weighted by Gasteiger charge is -2.14. The molecule has 1 aliphatic rings. The number of benzene rings is 2. The Hall–Kier alpha value is -4.34. The molecule has 5 rings (SSSR count). The molecule has 10 heteroatoms. The fourth-order valence-corrected chi connectivity index (χ4v) is 4.35. The van der Waals surface area contributed by atoms with Gasteiger partial charge in [0.2, 0.25) is 0 Å². The zero-order valence-corrected chi connectivity index (χ0v) is 19.9. The lowest BCUT2D eigenvalue weighted by Crippen LogP contribution is -2.37. The predicted molar refractivity (Wildman–Crippen MR) is 131 cm³/mol. The smallest absolute Gasteiger partial charge is 0.332 e. The van der Waals surface area contributed by atoms with Gasteiger partial charge >= 0.3 is 5.69 Å². The molecule has 1 unspecified atom stereocenters. The maximum Gasteiger partial charge on any atom is 0.332 e. The summed E-state index contributed by atoms with van der Waals surface area (Å²) in [5, 5.41) is 4.28. The molecular formula is C25H25N5O5. The second-order valence-corrected chi connectivity index (χ2v) is 8.33. The molecule has 2 aromatic carbocycles. The average Bonchev–Trinajstić information content (AvgIpc) is 3.52. The third-order valence-electron chi connectivity index (χ3n) is 6.22. The van der Waals surface area contributed by atoms with E-state index >= 15 is 0 Å². The van der Waals surface area contributed by atoms with Gasteiger partial charge in [0, 0.05) is 26.1 Å². The molecule has 0 radical (unpaired) electrons. The van der Waals surface area contributed by atoms with E-state index in [-0.39, 0.29) is 6.10 Å². The quantitative estimate of drug-likeness (QED) is 0.424. The van der Waals surface area contributed by atoms with Crippen molar-refractivity contribution in [1.82, 2.24) is 18.7 Å². The SMILES string of the molecule is COc1ccc(-c2nc3c(c(=O)n(C)c(=O)n3C)n2CC2CC(c3ccccc3)=NO2)cc1OC. The zero-order valence-electron chi connectivity index (χ0n) is 19.9. The molecule has 4 aromatic rings. The van der Waals surface area contributed by atoms with E-state index in [1.54, 1.807) is 38.0 Å². The van der Waals surface area contributed by atoms with E-state index in [0.717, 1.165) is 15.8 Å². The van der Waals surface area contributed by atoms with Crippen molar-refractivity contribution in [3.8, 4) is 22.9 Å². The average molecular weight is 476 g/mol. The Morgan fingerprint density at radius 3 is 2.43 bits per heavy atom. The highest BCUT2D eigenvalue weighted by Gasteiger charge is 2.27. The topological polar surface area (TPSA) is 102 Å². The maximum absolute atomic E-state index is 13.2. The van der Waals surface area contributed by atoms with Crippen molar-refractivity contribution < 1.29 is 14.3 Å². The Bertz CT molecular complexity index is 1570. The molecule has 10 nitrogen and oxygen atoms in total. The molecule has 0 saturated heterocycles. The number of ether oxygens (including phenoxy) is 2. The highest BCUT2D eigenvalue weighted by atomic mass is 16.6. The van der Waals surface area contributed by atoms with E-state index in [1.807, 2.05) is 36.4 Å². The lowest BCUT2D eigenvalue weighted by molar-refractivity contribution is 0.0736. The first-order valence-corrected chi connectivity index (χ1v) is 11.1. The fraction of sp³-hybridized carbons (Fsp3) is 0.280. The number of nitrogens with zero attached hydrogens (tertiary/aromatic N) is 5. The fourth-order valence-electron chi connectivity index (χ4n) is 4.35. The summed E-state index contributed by atoms with van der Waals surface area (Å²) in [6, 6.07) is 15.2. The van der Waals surface area contributed by atoms with Gasteiger partial charge in [-0.25, -0.2) is 9.78 Å². The Labute approximate surface area is 200 Å². The van der Waals surface area contributed by atoms with Gasteiger partial charge in [0.15, 0.2) is 28.8 Å². The Balaban J connectivity index is 1.63. The summed E-state index contributed by atoms with van der Waals surface area (Å²) in [5.41, 5.74) is 2.27. The van der Waals surface area contributed by atoms with Crippen molar-refractivity contribution in [3.05, 3.63) is 74.9 Å². The van der Waals surface area contributed by atoms with Gasteiger partial charge in [-0.3, -0.25) is 13.9 Å². The first-order valence-electron chi connectivity index (χ1n) is 11.1. The summed E-state index contributed by atoms with van der Waals surface area (Å²) >= 11 is 0. The molecule has 2 aromatic heterocycles. The molecule has 35 heavy (non-hydrogen) atoms. The molecule has 0 amide bonds. The monoisotopic (exact) mass is 475 g/mol. The second kappa shape index (κ2) is 8.79. The van der Waals surface area contributed by atoms with Crippen molar-refractivity contribution in [2.75, 3.05) is 14.2 Å². The summed E-state index contributed by atoms with van der Waals surface area (Å²) in [4.78, 5) is 36.3. The highest BCUT2D eigenvalue weighted by Crippen LogP contribution is 2.33. The molecule has 0 aliphatic carbocycles. The largest absolute Gasteiger partial charge is 0.493 e. The number of aryl methyl sites for hydroxylation is 1. The van der Waals surface area contributed by atoms with Crippen LogP contribution >= 0.6 is 0 Å². The van der Waals surface area contributed by atoms with Gasteiger partial charge in [-0.1, -0.05) is 35.5 Å². The molecular weight excluding hydrogens is 450 g/mol. The van der Waals surface area contributed by atoms with Gasteiger partial charge in [-0.15, -0.1) is 0 Å². The summed E-state index contributed by atoms with van der Waals surface area (Å²) in [6.07, 6.45) is 0.254. The Morgan fingerprint density at radius 2 is 1.71 bits per heavy atom. The molecule has 0 fully saturated rings. The van der Waals surface area contributed by atoms with Gasteiger partial charge in [0.25, 0.3) is 5.56 Å². The number of hydrogen-bond donors (Lipinski definition) is 0. The number of aromatic nitrogens is 4. The van der Waals surface area contributed by atoms with Crippen LogP contribution in [0.2, 0.25) is 0 Å². The van der Waals surface area contributed by atoms with Gasteiger partial charge in [-0.05, 0) is 23.8 Å². The van der Waals surface area contributed by atoms with E-state index in [1.165, 1.54) is 11.6 Å². The Morgan fingerprint density at radius 1 is 0.971 bits per heavy atom. The molecule has 0 N–H and O–H groups in total. The van der Waals surface area contributed by atoms with Crippen molar-refractivity contribution in [2.45, 2.75) is 19.1 Å². The third kappa shape index (κ3) is 3.76. The van der Waals surface area contributed by atoms with Gasteiger partial charge < -0.3 is 18.9 Å². The summed E-state index contributed by atoms with van der Waals surface area (Å²) < 4.78 is 15.1. The van der Waals surface area contributed by atoms with E-state index in [4.69, 9.17) is 19.3 Å². The van der Waals surface area contributed by atoms with Crippen LogP contribution in [0.5, 0.6) is 11.5 Å². The first kappa shape index (κ1) is 22.5. The van der Waals surface area contributed by atoms with Crippen molar-refractivity contribution in [3.63, 3.8) is 0 Å². The molecule has 0 spiro atoms. The number of rotatable bonds is 6. The highest BCUT2D eigenvalue weighted by molar-refractivity contribution is 6.01. The number of methoxy groups -OCH3 is 2. The van der Waals surface area contributed by atoms with Crippen LogP contribution < -0.4 is 20.7 Å². The van der Waals surface area contributed by atoms with Crippen molar-refractivity contribution in [1.29, 1.82) is 0 Å². The number of fused-ring (bicyclic) bond motifs is 1. The molecule has 1 aliphatic heterocycles. The van der Waals surface area contributed by atoms with E-state index in [9.17, 15) is 9.59 Å². The minimum Gasteiger partial charge on any atom is -0.493 e. The van der Waals surface area contributed by atoms with E-state index < -0.39 is 11.2 Å². The van der Waals surface area contributed by atoms with Crippen LogP contribution in [0.4, 0.5) is 0 Å². The summed E-state index contributed by atoms with van der Waals surface area (Å²) in [7, 11) is 6.18. The molecule has 180 valence electrons. The standard InChI is InChI=1S/C25H25N5O5/c1-28-23-21(24(31)29(2)25(28)32)30(14-17-13-18(27-35-17)15-8-6-5-7-9-15)22(26-23)16-10-11-19(33-3)20(12-16)34-4/h5-12,17H,13-14H2,1-4H3. The zero-order chi connectivity index (χ0) is 24.7. The van der Waals surface area contributed by atoms with Gasteiger partial charge in [0.1, 0.15) is 5.82 Å². The molecule has 0 bridgehead atoms. The Kier molecular flexibility index (Phi) is 5.64. The van der Waals surface area contributed by atoms with Crippen LogP contribution in [0.1, 0.15) is 12.0 Å². The van der Waals surface area contributed by atoms with Crippen LogP contribution in [0.25, 0.3) is 22.6 Å². The number of oxime groups is 1. The van der Waals surface area contributed by atoms with Gasteiger partial charge in [-0.2, -0.15) is 0 Å². The molecule has 3 heterocycles.